The number of ether oxygens (including phenoxy) is 1. The van der Waals surface area contributed by atoms with E-state index in [4.69, 9.17) is 4.74 Å². The van der Waals surface area contributed by atoms with E-state index < -0.39 is 0 Å². The second-order valence-corrected chi connectivity index (χ2v) is 4.37. The van der Waals surface area contributed by atoms with Crippen LogP contribution >= 0.6 is 0 Å². The molecule has 1 atom stereocenters. The molecule has 0 aromatic carbocycles. The number of nitrogens with one attached hydrogen (secondary N) is 1. The molecule has 90 valence electrons. The van der Waals surface area contributed by atoms with Crippen molar-refractivity contribution < 1.29 is 4.74 Å². The van der Waals surface area contributed by atoms with Crippen molar-refractivity contribution in [3.05, 3.63) is 12.4 Å². The first-order valence-electron chi connectivity index (χ1n) is 5.96. The molecule has 16 heavy (non-hydrogen) atoms. The van der Waals surface area contributed by atoms with Crippen molar-refractivity contribution in [2.24, 2.45) is 5.92 Å². The van der Waals surface area contributed by atoms with Gasteiger partial charge in [0.1, 0.15) is 0 Å². The Bertz CT molecular complexity index is 284. The van der Waals surface area contributed by atoms with Crippen molar-refractivity contribution in [1.82, 2.24) is 20.3 Å². The van der Waals surface area contributed by atoms with Crippen LogP contribution in [0.25, 0.3) is 0 Å². The molecule has 0 radical (unpaired) electrons. The minimum Gasteiger partial charge on any atom is -0.383 e. The van der Waals surface area contributed by atoms with Gasteiger partial charge >= 0.3 is 0 Å². The Balaban J connectivity index is 1.59. The summed E-state index contributed by atoms with van der Waals surface area (Å²) in [4.78, 5) is 0. The van der Waals surface area contributed by atoms with Gasteiger partial charge in [-0.1, -0.05) is 5.21 Å². The second-order valence-electron chi connectivity index (χ2n) is 4.37. The first-order valence-corrected chi connectivity index (χ1v) is 5.96. The zero-order valence-corrected chi connectivity index (χ0v) is 9.80. The predicted octanol–water partition coefficient (Wildman–Crippen LogP) is 0.683. The van der Waals surface area contributed by atoms with Crippen molar-refractivity contribution >= 4 is 0 Å². The quantitative estimate of drug-likeness (QED) is 0.660. The van der Waals surface area contributed by atoms with Crippen LogP contribution in [-0.2, 0) is 11.3 Å². The van der Waals surface area contributed by atoms with Gasteiger partial charge in [-0.25, -0.2) is 0 Å². The summed E-state index contributed by atoms with van der Waals surface area (Å²) in [5.74, 6) is 0.839. The molecular formula is C11H20N4O. The van der Waals surface area contributed by atoms with Gasteiger partial charge in [0.25, 0.3) is 0 Å². The summed E-state index contributed by atoms with van der Waals surface area (Å²) in [5, 5.41) is 11.3. The average molecular weight is 224 g/mol. The molecule has 0 saturated heterocycles. The molecule has 0 bridgehead atoms. The van der Waals surface area contributed by atoms with Gasteiger partial charge in [-0.3, -0.25) is 4.68 Å². The maximum atomic E-state index is 5.22. The Morgan fingerprint density at radius 1 is 1.56 bits per heavy atom. The third-order valence-corrected chi connectivity index (χ3v) is 2.98. The Kier molecular flexibility index (Phi) is 4.30. The summed E-state index contributed by atoms with van der Waals surface area (Å²) in [6.07, 6.45) is 7.39. The van der Waals surface area contributed by atoms with Crippen LogP contribution < -0.4 is 5.32 Å². The fourth-order valence-electron chi connectivity index (χ4n) is 1.92. The fourth-order valence-corrected chi connectivity index (χ4v) is 1.92. The van der Waals surface area contributed by atoms with Crippen LogP contribution in [0.5, 0.6) is 0 Å². The van der Waals surface area contributed by atoms with Gasteiger partial charge in [0.05, 0.1) is 12.8 Å². The number of hydrogen-bond donors (Lipinski definition) is 1. The smallest absolute Gasteiger partial charge is 0.0692 e. The van der Waals surface area contributed by atoms with Gasteiger partial charge in [0.15, 0.2) is 0 Å². The molecule has 1 saturated carbocycles. The van der Waals surface area contributed by atoms with Crippen LogP contribution in [0.2, 0.25) is 0 Å². The number of methoxy groups -OCH3 is 1. The predicted molar refractivity (Wildman–Crippen MR) is 61.0 cm³/mol. The Morgan fingerprint density at radius 3 is 3.06 bits per heavy atom. The van der Waals surface area contributed by atoms with E-state index in [1.54, 1.807) is 13.3 Å². The van der Waals surface area contributed by atoms with E-state index in [-0.39, 0.29) is 0 Å². The molecule has 1 fully saturated rings. The molecule has 2 rings (SSSR count). The second kappa shape index (κ2) is 5.96. The molecule has 1 heterocycles. The van der Waals surface area contributed by atoms with Crippen LogP contribution in [0, 0.1) is 5.92 Å². The van der Waals surface area contributed by atoms with Crippen molar-refractivity contribution in [2.75, 3.05) is 20.3 Å². The highest BCUT2D eigenvalue weighted by molar-refractivity contribution is 4.86. The van der Waals surface area contributed by atoms with Gasteiger partial charge in [-0.2, -0.15) is 0 Å². The molecule has 1 aliphatic rings. The summed E-state index contributed by atoms with van der Waals surface area (Å²) >= 11 is 0. The molecule has 5 heteroatoms. The largest absolute Gasteiger partial charge is 0.383 e. The van der Waals surface area contributed by atoms with Crippen molar-refractivity contribution in [1.29, 1.82) is 0 Å². The molecule has 1 aromatic heterocycles. The van der Waals surface area contributed by atoms with Crippen LogP contribution in [0.4, 0.5) is 0 Å². The lowest BCUT2D eigenvalue weighted by molar-refractivity contribution is 0.157. The standard InChI is InChI=1S/C11H20N4O/c1-16-9-11(10-3-4-10)12-5-2-7-15-8-6-13-14-15/h6,8,10-12H,2-5,7,9H2,1H3. The number of hydrogen-bond acceptors (Lipinski definition) is 4. The van der Waals surface area contributed by atoms with Crippen LogP contribution in [0.15, 0.2) is 12.4 Å². The van der Waals surface area contributed by atoms with Crippen LogP contribution in [0.3, 0.4) is 0 Å². The van der Waals surface area contributed by atoms with Crippen molar-refractivity contribution in [3.63, 3.8) is 0 Å². The van der Waals surface area contributed by atoms with Crippen LogP contribution in [-0.4, -0.2) is 41.3 Å². The Morgan fingerprint density at radius 2 is 2.44 bits per heavy atom. The van der Waals surface area contributed by atoms with E-state index in [0.29, 0.717) is 6.04 Å². The summed E-state index contributed by atoms with van der Waals surface area (Å²) in [6, 6.07) is 0.542. The van der Waals surface area contributed by atoms with Gasteiger partial charge in [0, 0.05) is 25.9 Å². The normalized spacial score (nSPS) is 17.6. The number of nitrogens with zero attached hydrogens (tertiary/aromatic N) is 3. The van der Waals surface area contributed by atoms with E-state index in [2.05, 4.69) is 15.6 Å². The molecule has 1 N–H and O–H groups in total. The zero-order valence-electron chi connectivity index (χ0n) is 9.80. The highest BCUT2D eigenvalue weighted by Gasteiger charge is 2.30. The zero-order chi connectivity index (χ0) is 11.2. The highest BCUT2D eigenvalue weighted by atomic mass is 16.5. The highest BCUT2D eigenvalue weighted by Crippen LogP contribution is 2.32. The van der Waals surface area contributed by atoms with E-state index >= 15 is 0 Å². The molecule has 5 nitrogen and oxygen atoms in total. The first-order chi connectivity index (χ1) is 7.90. The molecule has 0 spiro atoms. The van der Waals surface area contributed by atoms with Gasteiger partial charge in [-0.05, 0) is 31.7 Å². The SMILES string of the molecule is COCC(NCCCn1ccnn1)C1CC1. The molecule has 1 aromatic rings. The molecule has 1 unspecified atom stereocenters. The summed E-state index contributed by atoms with van der Waals surface area (Å²) < 4.78 is 7.08. The number of aromatic nitrogens is 3. The molecule has 0 amide bonds. The lowest BCUT2D eigenvalue weighted by Crippen LogP contribution is -2.36. The Labute approximate surface area is 96.2 Å². The van der Waals surface area contributed by atoms with Crippen molar-refractivity contribution in [3.8, 4) is 0 Å². The lowest BCUT2D eigenvalue weighted by atomic mass is 10.2. The topological polar surface area (TPSA) is 52.0 Å². The third kappa shape index (κ3) is 3.57. The molecular weight excluding hydrogens is 204 g/mol. The monoisotopic (exact) mass is 224 g/mol. The van der Waals surface area contributed by atoms with Gasteiger partial charge in [-0.15, -0.1) is 5.10 Å². The third-order valence-electron chi connectivity index (χ3n) is 2.98. The minimum atomic E-state index is 0.542. The summed E-state index contributed by atoms with van der Waals surface area (Å²) in [7, 11) is 1.77. The van der Waals surface area contributed by atoms with E-state index in [1.807, 2.05) is 10.9 Å². The first kappa shape index (κ1) is 11.5. The van der Waals surface area contributed by atoms with Crippen molar-refractivity contribution in [2.45, 2.75) is 31.8 Å². The summed E-state index contributed by atoms with van der Waals surface area (Å²) in [5.41, 5.74) is 0. The maximum absolute atomic E-state index is 5.22. The van der Waals surface area contributed by atoms with Crippen LogP contribution in [0.1, 0.15) is 19.3 Å². The van der Waals surface area contributed by atoms with Gasteiger partial charge in [0.2, 0.25) is 0 Å². The number of aryl methyl sites for hydroxylation is 1. The average Bonchev–Trinajstić information content (AvgIpc) is 3.01. The van der Waals surface area contributed by atoms with Gasteiger partial charge < -0.3 is 10.1 Å². The molecule has 1 aliphatic carbocycles. The minimum absolute atomic E-state index is 0.542. The van der Waals surface area contributed by atoms with E-state index in [9.17, 15) is 0 Å². The summed E-state index contributed by atoms with van der Waals surface area (Å²) in [6.45, 7) is 2.77. The number of rotatable bonds is 8. The maximum Gasteiger partial charge on any atom is 0.0692 e. The Hall–Kier alpha value is -0.940. The fraction of sp³-hybridized carbons (Fsp3) is 0.818. The lowest BCUT2D eigenvalue weighted by Gasteiger charge is -2.16. The van der Waals surface area contributed by atoms with E-state index in [1.165, 1.54) is 12.8 Å². The van der Waals surface area contributed by atoms with E-state index in [0.717, 1.165) is 32.0 Å². The molecule has 0 aliphatic heterocycles.